The Labute approximate surface area is 135 Å². The van der Waals surface area contributed by atoms with Crippen molar-refractivity contribution in [1.82, 2.24) is 4.90 Å². The monoisotopic (exact) mass is 343 g/mol. The molecule has 128 valence electrons. The van der Waals surface area contributed by atoms with E-state index in [0.29, 0.717) is 17.8 Å². The Bertz CT molecular complexity index is 643. The van der Waals surface area contributed by atoms with Crippen LogP contribution < -0.4 is 10.0 Å². The van der Waals surface area contributed by atoms with Crippen LogP contribution in [0, 0.1) is 0 Å². The summed E-state index contributed by atoms with van der Waals surface area (Å²) < 4.78 is 25.7. The predicted octanol–water partition coefficient (Wildman–Crippen LogP) is 1.78. The number of sulfonamides is 1. The maximum atomic E-state index is 11.8. The van der Waals surface area contributed by atoms with E-state index in [1.165, 1.54) is 11.9 Å². The second-order valence-corrected chi connectivity index (χ2v) is 6.84. The van der Waals surface area contributed by atoms with E-state index in [0.717, 1.165) is 0 Å². The molecular weight excluding hydrogens is 322 g/mol. The molecular formula is C14H21N3O5S. The Balaban J connectivity index is 2.60. The average molecular weight is 343 g/mol. The van der Waals surface area contributed by atoms with Gasteiger partial charge in [0.15, 0.2) is 0 Å². The normalized spacial score (nSPS) is 10.9. The molecule has 0 heterocycles. The molecule has 1 aromatic carbocycles. The molecule has 0 saturated carbocycles. The first-order valence-corrected chi connectivity index (χ1v) is 8.73. The van der Waals surface area contributed by atoms with Crippen LogP contribution in [0.2, 0.25) is 0 Å². The number of rotatable bonds is 8. The highest BCUT2D eigenvalue weighted by Gasteiger charge is 2.11. The maximum absolute atomic E-state index is 11.8. The second-order valence-electron chi connectivity index (χ2n) is 4.99. The van der Waals surface area contributed by atoms with E-state index in [2.05, 4.69) is 10.0 Å². The highest BCUT2D eigenvalue weighted by atomic mass is 32.2. The van der Waals surface area contributed by atoms with Gasteiger partial charge < -0.3 is 15.3 Å². The summed E-state index contributed by atoms with van der Waals surface area (Å²) in [6, 6.07) is 5.77. The van der Waals surface area contributed by atoms with Crippen LogP contribution in [0.15, 0.2) is 24.3 Å². The van der Waals surface area contributed by atoms with Gasteiger partial charge in [-0.05, 0) is 30.7 Å². The average Bonchev–Trinajstić information content (AvgIpc) is 2.46. The van der Waals surface area contributed by atoms with E-state index in [-0.39, 0.29) is 18.7 Å². The zero-order valence-corrected chi connectivity index (χ0v) is 13.9. The van der Waals surface area contributed by atoms with Crippen molar-refractivity contribution in [2.75, 3.05) is 29.4 Å². The highest BCUT2D eigenvalue weighted by molar-refractivity contribution is 7.92. The Morgan fingerprint density at radius 1 is 1.17 bits per heavy atom. The standard InChI is InChI=1S/C14H21N3O5S/c1-3-10-23(21,22)16-12-6-4-11(5-7-12)15-14(20)17(2)9-8-13(18)19/h4-7,16H,3,8-10H2,1-2H3,(H,15,20)(H,18,19). The smallest absolute Gasteiger partial charge is 0.321 e. The summed E-state index contributed by atoms with van der Waals surface area (Å²) >= 11 is 0. The van der Waals surface area contributed by atoms with Gasteiger partial charge in [0, 0.05) is 25.0 Å². The molecule has 0 fully saturated rings. The minimum atomic E-state index is -3.35. The van der Waals surface area contributed by atoms with Gasteiger partial charge in [0.25, 0.3) is 0 Å². The molecule has 0 bridgehead atoms. The van der Waals surface area contributed by atoms with Gasteiger partial charge in [-0.15, -0.1) is 0 Å². The molecule has 0 aromatic heterocycles. The number of urea groups is 1. The Kier molecular flexibility index (Phi) is 6.83. The van der Waals surface area contributed by atoms with Gasteiger partial charge in [0.1, 0.15) is 0 Å². The van der Waals surface area contributed by atoms with Crippen molar-refractivity contribution in [3.8, 4) is 0 Å². The van der Waals surface area contributed by atoms with Gasteiger partial charge in [-0.25, -0.2) is 13.2 Å². The molecule has 8 nitrogen and oxygen atoms in total. The van der Waals surface area contributed by atoms with Crippen molar-refractivity contribution >= 4 is 33.4 Å². The molecule has 23 heavy (non-hydrogen) atoms. The van der Waals surface area contributed by atoms with Crippen LogP contribution in [-0.4, -0.2) is 49.8 Å². The fourth-order valence-electron chi connectivity index (χ4n) is 1.70. The van der Waals surface area contributed by atoms with Crippen LogP contribution in [0.3, 0.4) is 0 Å². The molecule has 0 atom stereocenters. The fourth-order valence-corrected chi connectivity index (χ4v) is 2.84. The third-order valence-electron chi connectivity index (χ3n) is 2.89. The number of benzene rings is 1. The second kappa shape index (κ2) is 8.37. The molecule has 1 aromatic rings. The van der Waals surface area contributed by atoms with E-state index in [4.69, 9.17) is 5.11 Å². The van der Waals surface area contributed by atoms with Crippen LogP contribution in [0.25, 0.3) is 0 Å². The molecule has 0 spiro atoms. The van der Waals surface area contributed by atoms with Crippen molar-refractivity contribution < 1.29 is 23.1 Å². The Morgan fingerprint density at radius 3 is 2.26 bits per heavy atom. The number of aliphatic carboxylic acids is 1. The molecule has 0 aliphatic carbocycles. The first-order chi connectivity index (χ1) is 10.7. The topological polar surface area (TPSA) is 116 Å². The summed E-state index contributed by atoms with van der Waals surface area (Å²) in [6.07, 6.45) is 0.383. The summed E-state index contributed by atoms with van der Waals surface area (Å²) in [5.74, 6) is -0.937. The SMILES string of the molecule is CCCS(=O)(=O)Nc1ccc(NC(=O)N(C)CCC(=O)O)cc1. The number of carbonyl (C=O) groups excluding carboxylic acids is 1. The number of anilines is 2. The van der Waals surface area contributed by atoms with E-state index in [1.807, 2.05) is 0 Å². The van der Waals surface area contributed by atoms with Crippen LogP contribution >= 0.6 is 0 Å². The van der Waals surface area contributed by atoms with E-state index in [1.54, 1.807) is 31.2 Å². The maximum Gasteiger partial charge on any atom is 0.321 e. The van der Waals surface area contributed by atoms with Crippen molar-refractivity contribution in [3.05, 3.63) is 24.3 Å². The van der Waals surface area contributed by atoms with Crippen LogP contribution in [-0.2, 0) is 14.8 Å². The third kappa shape index (κ3) is 7.00. The van der Waals surface area contributed by atoms with Gasteiger partial charge in [0.05, 0.1) is 12.2 Å². The quantitative estimate of drug-likeness (QED) is 0.665. The summed E-state index contributed by atoms with van der Waals surface area (Å²) in [5, 5.41) is 11.2. The first-order valence-electron chi connectivity index (χ1n) is 7.08. The van der Waals surface area contributed by atoms with Gasteiger partial charge in [-0.2, -0.15) is 0 Å². The molecule has 0 radical (unpaired) electrons. The van der Waals surface area contributed by atoms with E-state index >= 15 is 0 Å². The molecule has 2 amide bonds. The number of hydrogen-bond donors (Lipinski definition) is 3. The minimum absolute atomic E-state index is 0.0415. The first kappa shape index (κ1) is 18.8. The lowest BCUT2D eigenvalue weighted by Crippen LogP contribution is -2.33. The summed E-state index contributed by atoms with van der Waals surface area (Å²) in [4.78, 5) is 23.6. The zero-order valence-electron chi connectivity index (χ0n) is 13.1. The van der Waals surface area contributed by atoms with Crippen LogP contribution in [0.5, 0.6) is 0 Å². The number of carboxylic acids is 1. The lowest BCUT2D eigenvalue weighted by atomic mass is 10.3. The molecule has 0 aliphatic rings. The van der Waals surface area contributed by atoms with Gasteiger partial charge in [-0.1, -0.05) is 6.92 Å². The van der Waals surface area contributed by atoms with Crippen molar-refractivity contribution in [1.29, 1.82) is 0 Å². The molecule has 0 saturated heterocycles. The lowest BCUT2D eigenvalue weighted by Gasteiger charge is -2.17. The minimum Gasteiger partial charge on any atom is -0.481 e. The number of nitrogens with zero attached hydrogens (tertiary/aromatic N) is 1. The van der Waals surface area contributed by atoms with Crippen molar-refractivity contribution in [3.63, 3.8) is 0 Å². The molecule has 0 aliphatic heterocycles. The molecule has 3 N–H and O–H groups in total. The Hall–Kier alpha value is -2.29. The number of carboxylic acid groups (broad SMARTS) is 1. The van der Waals surface area contributed by atoms with E-state index in [9.17, 15) is 18.0 Å². The summed E-state index contributed by atoms with van der Waals surface area (Å²) in [7, 11) is -1.86. The molecule has 0 unspecified atom stereocenters. The largest absolute Gasteiger partial charge is 0.481 e. The fraction of sp³-hybridized carbons (Fsp3) is 0.429. The highest BCUT2D eigenvalue weighted by Crippen LogP contribution is 2.15. The predicted molar refractivity (Wildman–Crippen MR) is 88.0 cm³/mol. The number of carbonyl (C=O) groups is 2. The lowest BCUT2D eigenvalue weighted by molar-refractivity contribution is -0.137. The van der Waals surface area contributed by atoms with Crippen molar-refractivity contribution in [2.45, 2.75) is 19.8 Å². The van der Waals surface area contributed by atoms with Gasteiger partial charge in [-0.3, -0.25) is 9.52 Å². The third-order valence-corrected chi connectivity index (χ3v) is 4.38. The zero-order chi connectivity index (χ0) is 17.5. The van der Waals surface area contributed by atoms with Crippen molar-refractivity contribution in [2.24, 2.45) is 0 Å². The number of hydrogen-bond acceptors (Lipinski definition) is 4. The molecule has 1 rings (SSSR count). The van der Waals surface area contributed by atoms with E-state index < -0.39 is 22.0 Å². The van der Waals surface area contributed by atoms with Gasteiger partial charge in [0.2, 0.25) is 10.0 Å². The summed E-state index contributed by atoms with van der Waals surface area (Å²) in [6.45, 7) is 1.87. The summed E-state index contributed by atoms with van der Waals surface area (Å²) in [5.41, 5.74) is 0.895. The van der Waals surface area contributed by atoms with Crippen LogP contribution in [0.1, 0.15) is 19.8 Å². The van der Waals surface area contributed by atoms with Crippen LogP contribution in [0.4, 0.5) is 16.2 Å². The Morgan fingerprint density at radius 2 is 1.74 bits per heavy atom. The van der Waals surface area contributed by atoms with Gasteiger partial charge >= 0.3 is 12.0 Å². The number of nitrogens with one attached hydrogen (secondary N) is 2. The number of amides is 2. The molecule has 9 heteroatoms.